The molecule has 0 fully saturated rings. The van der Waals surface area contributed by atoms with Crippen LogP contribution in [0.5, 0.6) is 0 Å². The van der Waals surface area contributed by atoms with Gasteiger partial charge < -0.3 is 10.6 Å². The number of nitrogens with zero attached hydrogens (tertiary/aromatic N) is 1. The summed E-state index contributed by atoms with van der Waals surface area (Å²) < 4.78 is 13.3. The molecular weight excluding hydrogens is 317 g/mol. The Balaban J connectivity index is 1.68. The molecule has 126 valence electrons. The van der Waals surface area contributed by atoms with E-state index in [1.165, 1.54) is 18.3 Å². The number of rotatable bonds is 5. The lowest BCUT2D eigenvalue weighted by Crippen LogP contribution is -2.23. The molecule has 0 atom stereocenters. The first kappa shape index (κ1) is 16.6. The maximum Gasteiger partial charge on any atom is 0.253 e. The Morgan fingerprint density at radius 2 is 1.88 bits per heavy atom. The van der Waals surface area contributed by atoms with E-state index in [1.54, 1.807) is 24.4 Å². The Morgan fingerprint density at radius 1 is 1.04 bits per heavy atom. The van der Waals surface area contributed by atoms with Crippen LogP contribution in [0.15, 0.2) is 67.0 Å². The number of nitrogens with one attached hydrogen (secondary N) is 2. The third-order valence-electron chi connectivity index (χ3n) is 3.81. The summed E-state index contributed by atoms with van der Waals surface area (Å²) in [4.78, 5) is 16.4. The van der Waals surface area contributed by atoms with Gasteiger partial charge in [0.25, 0.3) is 5.91 Å². The molecule has 0 aliphatic rings. The van der Waals surface area contributed by atoms with Crippen molar-refractivity contribution in [1.82, 2.24) is 10.3 Å². The molecular formula is C20H18FN3O. The van der Waals surface area contributed by atoms with E-state index in [1.807, 2.05) is 31.2 Å². The third kappa shape index (κ3) is 4.41. The van der Waals surface area contributed by atoms with Crippen molar-refractivity contribution in [1.29, 1.82) is 0 Å². The van der Waals surface area contributed by atoms with E-state index >= 15 is 0 Å². The first-order chi connectivity index (χ1) is 12.1. The number of aryl methyl sites for hydroxylation is 1. The molecule has 0 spiro atoms. The third-order valence-corrected chi connectivity index (χ3v) is 3.81. The van der Waals surface area contributed by atoms with E-state index in [2.05, 4.69) is 15.6 Å². The highest BCUT2D eigenvalue weighted by molar-refractivity contribution is 5.94. The zero-order valence-corrected chi connectivity index (χ0v) is 13.8. The maximum atomic E-state index is 13.3. The molecule has 0 radical (unpaired) electrons. The fourth-order valence-electron chi connectivity index (χ4n) is 2.45. The molecule has 3 rings (SSSR count). The van der Waals surface area contributed by atoms with Crippen molar-refractivity contribution >= 4 is 17.3 Å². The summed E-state index contributed by atoms with van der Waals surface area (Å²) in [5, 5.41) is 5.93. The van der Waals surface area contributed by atoms with Crippen molar-refractivity contribution in [3.63, 3.8) is 0 Å². The summed E-state index contributed by atoms with van der Waals surface area (Å²) >= 11 is 0. The summed E-state index contributed by atoms with van der Waals surface area (Å²) in [5.74, 6) is -0.538. The number of hydrogen-bond acceptors (Lipinski definition) is 3. The number of carbonyl (C=O) groups excluding carboxylic acids is 1. The van der Waals surface area contributed by atoms with Gasteiger partial charge in [0.05, 0.1) is 17.4 Å². The second kappa shape index (κ2) is 7.57. The van der Waals surface area contributed by atoms with Crippen molar-refractivity contribution in [2.45, 2.75) is 13.5 Å². The summed E-state index contributed by atoms with van der Waals surface area (Å²) in [7, 11) is 0. The molecule has 0 saturated heterocycles. The number of benzene rings is 2. The topological polar surface area (TPSA) is 54.0 Å². The standard InChI is InChI=1S/C20H18FN3O/c1-14-5-2-3-6-15(14)12-23-20(25)16-9-19(13-22-11-16)24-18-8-4-7-17(21)10-18/h2-11,13,24H,12H2,1H3,(H,23,25). The Hall–Kier alpha value is -3.21. The summed E-state index contributed by atoms with van der Waals surface area (Å²) in [6.07, 6.45) is 3.09. The van der Waals surface area contributed by atoms with Gasteiger partial charge >= 0.3 is 0 Å². The molecule has 2 aromatic carbocycles. The molecule has 1 amide bonds. The number of halogens is 1. The molecule has 5 heteroatoms. The van der Waals surface area contributed by atoms with Crippen molar-refractivity contribution in [2.24, 2.45) is 0 Å². The van der Waals surface area contributed by atoms with E-state index < -0.39 is 0 Å². The number of carbonyl (C=O) groups is 1. The second-order valence-corrected chi connectivity index (χ2v) is 5.71. The quantitative estimate of drug-likeness (QED) is 0.735. The van der Waals surface area contributed by atoms with Gasteiger partial charge in [0.1, 0.15) is 5.82 Å². The van der Waals surface area contributed by atoms with Crippen LogP contribution in [-0.4, -0.2) is 10.9 Å². The van der Waals surface area contributed by atoms with Gasteiger partial charge in [-0.05, 0) is 42.3 Å². The number of amides is 1. The lowest BCUT2D eigenvalue weighted by atomic mass is 10.1. The van der Waals surface area contributed by atoms with E-state index in [-0.39, 0.29) is 11.7 Å². The summed E-state index contributed by atoms with van der Waals surface area (Å²) in [6, 6.07) is 15.7. The zero-order valence-electron chi connectivity index (χ0n) is 13.8. The Morgan fingerprint density at radius 3 is 2.68 bits per heavy atom. The van der Waals surface area contributed by atoms with Gasteiger partial charge in [-0.25, -0.2) is 4.39 Å². The number of aromatic nitrogens is 1. The molecule has 4 nitrogen and oxygen atoms in total. The van der Waals surface area contributed by atoms with Crippen molar-refractivity contribution < 1.29 is 9.18 Å². The van der Waals surface area contributed by atoms with Crippen molar-refractivity contribution in [3.05, 3.63) is 89.5 Å². The van der Waals surface area contributed by atoms with Gasteiger partial charge in [-0.2, -0.15) is 0 Å². The molecule has 0 bridgehead atoms. The van der Waals surface area contributed by atoms with Gasteiger partial charge in [0.15, 0.2) is 0 Å². The summed E-state index contributed by atoms with van der Waals surface area (Å²) in [6.45, 7) is 2.46. The molecule has 0 saturated carbocycles. The minimum absolute atomic E-state index is 0.210. The molecule has 2 N–H and O–H groups in total. The highest BCUT2D eigenvalue weighted by Gasteiger charge is 2.08. The number of pyridine rings is 1. The number of anilines is 2. The average molecular weight is 335 g/mol. The zero-order chi connectivity index (χ0) is 17.6. The predicted molar refractivity (Wildman–Crippen MR) is 96.3 cm³/mol. The van der Waals surface area contributed by atoms with Crippen LogP contribution in [0.3, 0.4) is 0 Å². The van der Waals surface area contributed by atoms with Crippen LogP contribution in [-0.2, 0) is 6.54 Å². The van der Waals surface area contributed by atoms with Crippen molar-refractivity contribution in [3.8, 4) is 0 Å². The highest BCUT2D eigenvalue weighted by atomic mass is 19.1. The van der Waals surface area contributed by atoms with Crippen LogP contribution in [0.25, 0.3) is 0 Å². The first-order valence-corrected chi connectivity index (χ1v) is 7.92. The second-order valence-electron chi connectivity index (χ2n) is 5.71. The fraction of sp³-hybridized carbons (Fsp3) is 0.100. The minimum Gasteiger partial charge on any atom is -0.354 e. The molecule has 25 heavy (non-hydrogen) atoms. The minimum atomic E-state index is -0.329. The molecule has 1 aromatic heterocycles. The van der Waals surface area contributed by atoms with Gasteiger partial charge in [-0.15, -0.1) is 0 Å². The van der Waals surface area contributed by atoms with E-state index in [4.69, 9.17) is 0 Å². The number of hydrogen-bond donors (Lipinski definition) is 2. The van der Waals surface area contributed by atoms with Gasteiger partial charge in [-0.3, -0.25) is 9.78 Å². The largest absolute Gasteiger partial charge is 0.354 e. The first-order valence-electron chi connectivity index (χ1n) is 7.92. The Kier molecular flexibility index (Phi) is 5.04. The maximum absolute atomic E-state index is 13.3. The van der Waals surface area contributed by atoms with Gasteiger partial charge in [-0.1, -0.05) is 30.3 Å². The van der Waals surface area contributed by atoms with Crippen LogP contribution in [0.4, 0.5) is 15.8 Å². The average Bonchev–Trinajstić information content (AvgIpc) is 2.61. The van der Waals surface area contributed by atoms with E-state index in [0.717, 1.165) is 11.1 Å². The summed E-state index contributed by atoms with van der Waals surface area (Å²) in [5.41, 5.74) is 3.85. The molecule has 0 unspecified atom stereocenters. The normalized spacial score (nSPS) is 10.3. The Labute approximate surface area is 145 Å². The predicted octanol–water partition coefficient (Wildman–Crippen LogP) is 4.20. The van der Waals surface area contributed by atoms with Gasteiger partial charge in [0, 0.05) is 18.4 Å². The van der Waals surface area contributed by atoms with Crippen LogP contribution in [0.2, 0.25) is 0 Å². The SMILES string of the molecule is Cc1ccccc1CNC(=O)c1cncc(Nc2cccc(F)c2)c1. The lowest BCUT2D eigenvalue weighted by molar-refractivity contribution is 0.0950. The smallest absolute Gasteiger partial charge is 0.253 e. The Bertz CT molecular complexity index is 895. The van der Waals surface area contributed by atoms with Crippen LogP contribution in [0.1, 0.15) is 21.5 Å². The van der Waals surface area contributed by atoms with Crippen LogP contribution in [0, 0.1) is 12.7 Å². The van der Waals surface area contributed by atoms with Crippen molar-refractivity contribution in [2.75, 3.05) is 5.32 Å². The van der Waals surface area contributed by atoms with Crippen LogP contribution < -0.4 is 10.6 Å². The molecule has 1 heterocycles. The molecule has 3 aromatic rings. The molecule has 0 aliphatic carbocycles. The monoisotopic (exact) mass is 335 g/mol. The van der Waals surface area contributed by atoms with E-state index in [0.29, 0.717) is 23.5 Å². The lowest BCUT2D eigenvalue weighted by Gasteiger charge is -2.10. The fourth-order valence-corrected chi connectivity index (χ4v) is 2.45. The van der Waals surface area contributed by atoms with Crippen LogP contribution >= 0.6 is 0 Å². The van der Waals surface area contributed by atoms with Gasteiger partial charge in [0.2, 0.25) is 0 Å². The van der Waals surface area contributed by atoms with E-state index in [9.17, 15) is 9.18 Å². The molecule has 0 aliphatic heterocycles. The highest BCUT2D eigenvalue weighted by Crippen LogP contribution is 2.17.